The molecule has 0 N–H and O–H groups in total. The van der Waals surface area contributed by atoms with E-state index in [0.29, 0.717) is 0 Å². The number of hydrogen-bond acceptors (Lipinski definition) is 0. The van der Waals surface area contributed by atoms with Gasteiger partial charge in [-0.3, -0.25) is 0 Å². The van der Waals surface area contributed by atoms with Gasteiger partial charge in [-0.05, 0) is 15.9 Å². The van der Waals surface area contributed by atoms with Crippen molar-refractivity contribution in [2.45, 2.75) is 21.5 Å². The summed E-state index contributed by atoms with van der Waals surface area (Å²) < 4.78 is 73.1. The molecule has 0 aromatic heterocycles. The van der Waals surface area contributed by atoms with Crippen LogP contribution in [0.15, 0.2) is 0 Å². The van der Waals surface area contributed by atoms with E-state index in [-0.39, 0.29) is 0 Å². The van der Waals surface area contributed by atoms with E-state index in [1.807, 2.05) is 0 Å². The van der Waals surface area contributed by atoms with Crippen molar-refractivity contribution in [1.29, 1.82) is 0 Å². The molecule has 13 heavy (non-hydrogen) atoms. The van der Waals surface area contributed by atoms with Gasteiger partial charge in [0.2, 0.25) is 5.63 Å². The predicted octanol–water partition coefficient (Wildman–Crippen LogP) is 4.05. The van der Waals surface area contributed by atoms with Gasteiger partial charge in [0.25, 0.3) is 0 Å². The first-order chi connectivity index (χ1) is 5.44. The zero-order valence-corrected chi connectivity index (χ0v) is 8.58. The summed E-state index contributed by atoms with van der Waals surface area (Å²) in [4.78, 5) is -4.80. The van der Waals surface area contributed by atoms with E-state index in [2.05, 4.69) is 23.2 Å². The zero-order valence-electron chi connectivity index (χ0n) is 5.48. The summed E-state index contributed by atoms with van der Waals surface area (Å²) >= 11 is 9.58. The minimum Gasteiger partial charge on any atom is -0.223 e. The summed E-state index contributed by atoms with van der Waals surface area (Å²) in [6.45, 7) is 0. The van der Waals surface area contributed by atoms with Crippen molar-refractivity contribution in [3.05, 3.63) is 0 Å². The van der Waals surface area contributed by atoms with Gasteiger partial charge in [0.1, 0.15) is 0 Å². The fourth-order valence-corrected chi connectivity index (χ4v) is 0.892. The summed E-state index contributed by atoms with van der Waals surface area (Å²) in [5.74, 6) is -5.22. The number of hydrogen-bond donors (Lipinski definition) is 0. The largest absolute Gasteiger partial charge is 0.354 e. The maximum atomic E-state index is 12.5. The molecule has 2 atom stereocenters. The topological polar surface area (TPSA) is 0 Å². The van der Waals surface area contributed by atoms with E-state index in [4.69, 9.17) is 0 Å². The first kappa shape index (κ1) is 13.6. The second-order valence-electron chi connectivity index (χ2n) is 2.00. The smallest absolute Gasteiger partial charge is 0.223 e. The Hall–Kier alpha value is 0.640. The van der Waals surface area contributed by atoms with Crippen LogP contribution in [0.5, 0.6) is 0 Å². The Morgan fingerprint density at radius 3 is 1.46 bits per heavy atom. The maximum absolute atomic E-state index is 12.5. The maximum Gasteiger partial charge on any atom is 0.354 e. The molecule has 2 unspecified atom stereocenters. The van der Waals surface area contributed by atoms with Gasteiger partial charge in [-0.1, -0.05) is 23.2 Å². The molecule has 0 heterocycles. The van der Waals surface area contributed by atoms with Crippen molar-refractivity contribution >= 4 is 39.1 Å². The zero-order chi connectivity index (χ0) is 11.1. The molecule has 0 radical (unpaired) electrons. The molecule has 0 rings (SSSR count). The Morgan fingerprint density at radius 1 is 1.08 bits per heavy atom. The summed E-state index contributed by atoms with van der Waals surface area (Å²) in [5, 5.41) is -4.93. The molecule has 0 fully saturated rings. The predicted molar refractivity (Wildman–Crippen MR) is 39.3 cm³/mol. The lowest BCUT2D eigenvalue weighted by atomic mass is 10.2. The SMILES string of the molecule is FC(Cl)C(F)(F)C(F)(Cl)C(F)(F)Br. The quantitative estimate of drug-likeness (QED) is 0.545. The molecule has 0 aliphatic rings. The van der Waals surface area contributed by atoms with Crippen LogP contribution in [0, 0.1) is 0 Å². The van der Waals surface area contributed by atoms with Crippen LogP contribution >= 0.6 is 39.1 Å². The molecule has 0 saturated heterocycles. The fraction of sp³-hybridized carbons (Fsp3) is 1.00. The molecule has 0 saturated carbocycles. The average molecular weight is 314 g/mol. The van der Waals surface area contributed by atoms with Gasteiger partial charge in [0, 0.05) is 0 Å². The lowest BCUT2D eigenvalue weighted by molar-refractivity contribution is -0.180. The van der Waals surface area contributed by atoms with Crippen molar-refractivity contribution in [2.24, 2.45) is 0 Å². The molecule has 0 nitrogen and oxygen atoms in total. The molecule has 0 aliphatic heterocycles. The van der Waals surface area contributed by atoms with Crippen LogP contribution in [0.2, 0.25) is 0 Å². The van der Waals surface area contributed by atoms with Crippen LogP contribution in [0.3, 0.4) is 0 Å². The van der Waals surface area contributed by atoms with Crippen molar-refractivity contribution in [1.82, 2.24) is 0 Å². The highest BCUT2D eigenvalue weighted by Gasteiger charge is 2.71. The average Bonchev–Trinajstić information content (AvgIpc) is 1.84. The van der Waals surface area contributed by atoms with E-state index < -0.39 is 21.5 Å². The summed E-state index contributed by atoms with van der Waals surface area (Å²) in [6.07, 6.45) is 0. The van der Waals surface area contributed by atoms with Crippen molar-refractivity contribution in [2.75, 3.05) is 0 Å². The van der Waals surface area contributed by atoms with Gasteiger partial charge in [-0.25, -0.2) is 8.78 Å². The highest BCUT2D eigenvalue weighted by molar-refractivity contribution is 9.10. The molecule has 0 amide bonds. The monoisotopic (exact) mass is 312 g/mol. The van der Waals surface area contributed by atoms with Gasteiger partial charge in [-0.2, -0.15) is 17.6 Å². The first-order valence-electron chi connectivity index (χ1n) is 2.55. The van der Waals surface area contributed by atoms with E-state index in [0.717, 1.165) is 0 Å². The van der Waals surface area contributed by atoms with Crippen LogP contribution in [-0.4, -0.2) is 21.5 Å². The Bertz CT molecular complexity index is 188. The van der Waals surface area contributed by atoms with E-state index >= 15 is 0 Å². The Kier molecular flexibility index (Phi) is 3.84. The lowest BCUT2D eigenvalue weighted by Gasteiger charge is -2.30. The molecule has 0 aromatic rings. The highest BCUT2D eigenvalue weighted by atomic mass is 79.9. The van der Waals surface area contributed by atoms with Crippen molar-refractivity contribution in [3.8, 4) is 0 Å². The molecule has 0 aromatic carbocycles. The third-order valence-electron chi connectivity index (χ3n) is 1.05. The van der Waals surface area contributed by atoms with Crippen molar-refractivity contribution < 1.29 is 26.3 Å². The molecule has 0 spiro atoms. The molecule has 9 heteroatoms. The number of alkyl halides is 9. The van der Waals surface area contributed by atoms with Gasteiger partial charge in [0.15, 0.2) is 0 Å². The first-order valence-corrected chi connectivity index (χ1v) is 4.16. The minimum atomic E-state index is -5.22. The van der Waals surface area contributed by atoms with Crippen molar-refractivity contribution in [3.63, 3.8) is 0 Å². The summed E-state index contributed by atoms with van der Waals surface area (Å²) in [5.41, 5.74) is -3.65. The standard InChI is InChI=1S/C4HBrCl2F6/c5-4(12,13)3(7,11)2(9,10)1(6)8/h1H. The molecule has 80 valence electrons. The molecule has 0 bridgehead atoms. The second kappa shape index (κ2) is 3.66. The van der Waals surface area contributed by atoms with Gasteiger partial charge in [0.05, 0.1) is 0 Å². The van der Waals surface area contributed by atoms with E-state index in [9.17, 15) is 26.3 Å². The Balaban J connectivity index is 5.04. The normalized spacial score (nSPS) is 21.0. The minimum absolute atomic E-state index is 1.26. The van der Waals surface area contributed by atoms with Gasteiger partial charge >= 0.3 is 15.9 Å². The Morgan fingerprint density at radius 2 is 1.38 bits per heavy atom. The van der Waals surface area contributed by atoms with E-state index in [1.165, 1.54) is 15.9 Å². The Labute approximate surface area is 87.3 Å². The number of halogens is 9. The van der Waals surface area contributed by atoms with Crippen LogP contribution in [0.4, 0.5) is 26.3 Å². The number of rotatable bonds is 3. The van der Waals surface area contributed by atoms with Crippen LogP contribution in [0.1, 0.15) is 0 Å². The molecular formula is C4HBrCl2F6. The highest BCUT2D eigenvalue weighted by Crippen LogP contribution is 2.53. The van der Waals surface area contributed by atoms with E-state index in [1.54, 1.807) is 0 Å². The fourth-order valence-electron chi connectivity index (χ4n) is 0.326. The van der Waals surface area contributed by atoms with Crippen LogP contribution in [0.25, 0.3) is 0 Å². The van der Waals surface area contributed by atoms with Gasteiger partial charge < -0.3 is 0 Å². The third-order valence-corrected chi connectivity index (χ3v) is 2.59. The second-order valence-corrected chi connectivity index (χ2v) is 3.90. The van der Waals surface area contributed by atoms with Crippen LogP contribution in [-0.2, 0) is 0 Å². The summed E-state index contributed by atoms with van der Waals surface area (Å²) in [7, 11) is 0. The molecule has 0 aliphatic carbocycles. The summed E-state index contributed by atoms with van der Waals surface area (Å²) in [6, 6.07) is 0. The van der Waals surface area contributed by atoms with Gasteiger partial charge in [-0.15, -0.1) is 0 Å². The molecular weight excluding hydrogens is 313 g/mol. The lowest BCUT2D eigenvalue weighted by Crippen LogP contribution is -2.53. The third kappa shape index (κ3) is 2.36. The van der Waals surface area contributed by atoms with Crippen LogP contribution < -0.4 is 0 Å².